The van der Waals surface area contributed by atoms with E-state index in [0.717, 1.165) is 5.69 Å². The summed E-state index contributed by atoms with van der Waals surface area (Å²) < 4.78 is 6.54. The van der Waals surface area contributed by atoms with Crippen molar-refractivity contribution >= 4 is 11.8 Å². The Labute approximate surface area is 81.5 Å². The van der Waals surface area contributed by atoms with Crippen molar-refractivity contribution in [2.75, 3.05) is 7.11 Å². The molecule has 0 saturated heterocycles. The lowest BCUT2D eigenvalue weighted by atomic mass is 10.1. The second-order valence-electron chi connectivity index (χ2n) is 3.37. The summed E-state index contributed by atoms with van der Waals surface area (Å²) in [6.07, 6.45) is 2.73. The highest BCUT2D eigenvalue weighted by molar-refractivity contribution is 5.90. The molecule has 1 aliphatic heterocycles. The molecule has 0 bridgehead atoms. The van der Waals surface area contributed by atoms with Gasteiger partial charge in [0.25, 0.3) is 0 Å². The van der Waals surface area contributed by atoms with E-state index in [4.69, 9.17) is 0 Å². The van der Waals surface area contributed by atoms with Crippen molar-refractivity contribution in [3.8, 4) is 0 Å². The van der Waals surface area contributed by atoms with Crippen LogP contribution in [0.3, 0.4) is 0 Å². The number of aryl methyl sites for hydroxylation is 1. The molecule has 0 aliphatic carbocycles. The Morgan fingerprint density at radius 1 is 1.57 bits per heavy atom. The molecule has 0 unspecified atom stereocenters. The smallest absolute Gasteiger partial charge is 0.339 e. The highest BCUT2D eigenvalue weighted by Crippen LogP contribution is 2.16. The molecule has 0 amide bonds. The number of nitrogens with zero attached hydrogens (tertiary/aromatic N) is 1. The van der Waals surface area contributed by atoms with Crippen LogP contribution in [0.15, 0.2) is 12.3 Å². The maximum atomic E-state index is 11.2. The second-order valence-corrected chi connectivity index (χ2v) is 3.37. The summed E-state index contributed by atoms with van der Waals surface area (Å²) in [4.78, 5) is 22.3. The molecule has 0 radical (unpaired) electrons. The standard InChI is InChI=1S/C10H11NO3/c1-14-10(13)7-4-8-5-9(12)2-3-11(8)6-7/h4,6H,2-3,5H2,1H3. The molecule has 0 fully saturated rings. The molecule has 0 spiro atoms. The fourth-order valence-corrected chi connectivity index (χ4v) is 1.68. The van der Waals surface area contributed by atoms with E-state index in [-0.39, 0.29) is 11.8 Å². The number of methoxy groups -OCH3 is 1. The first-order chi connectivity index (χ1) is 6.70. The third kappa shape index (κ3) is 1.43. The number of hydrogen-bond acceptors (Lipinski definition) is 3. The number of carbonyl (C=O) groups is 2. The maximum Gasteiger partial charge on any atom is 0.339 e. The Bertz CT molecular complexity index is 392. The molecular formula is C10H11NO3. The SMILES string of the molecule is COC(=O)c1cc2n(c1)CCC(=O)C2. The van der Waals surface area contributed by atoms with Gasteiger partial charge in [0.1, 0.15) is 5.78 Å². The number of Topliss-reactive ketones (excluding diaryl/α,β-unsaturated/α-hetero) is 1. The summed E-state index contributed by atoms with van der Waals surface area (Å²) in [5.41, 5.74) is 1.43. The normalized spacial score (nSPS) is 15.1. The Morgan fingerprint density at radius 2 is 2.36 bits per heavy atom. The van der Waals surface area contributed by atoms with Gasteiger partial charge in [-0.25, -0.2) is 4.79 Å². The highest BCUT2D eigenvalue weighted by atomic mass is 16.5. The fourth-order valence-electron chi connectivity index (χ4n) is 1.68. The quantitative estimate of drug-likeness (QED) is 0.619. The van der Waals surface area contributed by atoms with E-state index in [1.807, 2.05) is 4.57 Å². The highest BCUT2D eigenvalue weighted by Gasteiger charge is 2.18. The molecule has 1 aromatic heterocycles. The van der Waals surface area contributed by atoms with Gasteiger partial charge in [-0.05, 0) is 6.07 Å². The number of hydrogen-bond donors (Lipinski definition) is 0. The van der Waals surface area contributed by atoms with Crippen LogP contribution in [-0.4, -0.2) is 23.4 Å². The molecule has 0 N–H and O–H groups in total. The molecule has 1 aliphatic rings. The average Bonchev–Trinajstić information content (AvgIpc) is 2.59. The molecule has 0 aromatic carbocycles. The topological polar surface area (TPSA) is 48.3 Å². The van der Waals surface area contributed by atoms with E-state index in [0.29, 0.717) is 24.9 Å². The van der Waals surface area contributed by atoms with Crippen LogP contribution in [0, 0.1) is 0 Å². The van der Waals surface area contributed by atoms with Gasteiger partial charge in [0.2, 0.25) is 0 Å². The molecule has 4 nitrogen and oxygen atoms in total. The van der Waals surface area contributed by atoms with Crippen LogP contribution >= 0.6 is 0 Å². The minimum absolute atomic E-state index is 0.229. The zero-order valence-corrected chi connectivity index (χ0v) is 7.95. The number of esters is 1. The molecule has 14 heavy (non-hydrogen) atoms. The zero-order valence-electron chi connectivity index (χ0n) is 7.95. The van der Waals surface area contributed by atoms with Crippen LogP contribution in [0.2, 0.25) is 0 Å². The lowest BCUT2D eigenvalue weighted by Crippen LogP contribution is -2.17. The van der Waals surface area contributed by atoms with E-state index in [1.54, 1.807) is 12.3 Å². The Balaban J connectivity index is 2.32. The zero-order chi connectivity index (χ0) is 10.1. The van der Waals surface area contributed by atoms with Crippen molar-refractivity contribution in [2.24, 2.45) is 0 Å². The van der Waals surface area contributed by atoms with Crippen LogP contribution in [0.5, 0.6) is 0 Å². The van der Waals surface area contributed by atoms with Crippen molar-refractivity contribution in [3.63, 3.8) is 0 Å². The van der Waals surface area contributed by atoms with E-state index in [2.05, 4.69) is 4.74 Å². The van der Waals surface area contributed by atoms with Gasteiger partial charge in [-0.15, -0.1) is 0 Å². The molecule has 74 valence electrons. The van der Waals surface area contributed by atoms with Gasteiger partial charge in [-0.1, -0.05) is 0 Å². The summed E-state index contributed by atoms with van der Waals surface area (Å²) in [5.74, 6) is -0.119. The molecule has 0 saturated carbocycles. The lowest BCUT2D eigenvalue weighted by molar-refractivity contribution is -0.119. The number of aromatic nitrogens is 1. The monoisotopic (exact) mass is 193 g/mol. The largest absolute Gasteiger partial charge is 0.465 e. The number of ether oxygens (including phenoxy) is 1. The first kappa shape index (κ1) is 8.99. The Kier molecular flexibility index (Phi) is 2.11. The third-order valence-electron chi connectivity index (χ3n) is 2.42. The van der Waals surface area contributed by atoms with Crippen LogP contribution < -0.4 is 0 Å². The van der Waals surface area contributed by atoms with Crippen molar-refractivity contribution in [1.82, 2.24) is 4.57 Å². The minimum Gasteiger partial charge on any atom is -0.465 e. The van der Waals surface area contributed by atoms with Crippen LogP contribution in [0.1, 0.15) is 22.5 Å². The number of rotatable bonds is 1. The van der Waals surface area contributed by atoms with E-state index in [1.165, 1.54) is 7.11 Å². The van der Waals surface area contributed by atoms with Gasteiger partial charge in [0, 0.05) is 31.3 Å². The Morgan fingerprint density at radius 3 is 3.07 bits per heavy atom. The van der Waals surface area contributed by atoms with Crippen molar-refractivity contribution in [1.29, 1.82) is 0 Å². The molecule has 4 heteroatoms. The fraction of sp³-hybridized carbons (Fsp3) is 0.400. The lowest BCUT2D eigenvalue weighted by Gasteiger charge is -2.12. The van der Waals surface area contributed by atoms with Gasteiger partial charge in [-0.3, -0.25) is 4.79 Å². The van der Waals surface area contributed by atoms with Gasteiger partial charge >= 0.3 is 5.97 Å². The van der Waals surface area contributed by atoms with E-state index in [9.17, 15) is 9.59 Å². The van der Waals surface area contributed by atoms with Gasteiger partial charge in [0.05, 0.1) is 12.7 Å². The first-order valence-electron chi connectivity index (χ1n) is 4.50. The molecule has 0 atom stereocenters. The second kappa shape index (κ2) is 3.29. The molecule has 2 rings (SSSR count). The predicted octanol–water partition coefficient (Wildman–Crippen LogP) is 0.790. The average molecular weight is 193 g/mol. The third-order valence-corrected chi connectivity index (χ3v) is 2.42. The van der Waals surface area contributed by atoms with Gasteiger partial charge in [0.15, 0.2) is 0 Å². The minimum atomic E-state index is -0.348. The molecule has 1 aromatic rings. The summed E-state index contributed by atoms with van der Waals surface area (Å²) in [5, 5.41) is 0. The van der Waals surface area contributed by atoms with Crippen LogP contribution in [0.25, 0.3) is 0 Å². The van der Waals surface area contributed by atoms with Crippen molar-refractivity contribution in [2.45, 2.75) is 19.4 Å². The molecule has 2 heterocycles. The van der Waals surface area contributed by atoms with Crippen LogP contribution in [-0.2, 0) is 22.5 Å². The van der Waals surface area contributed by atoms with E-state index < -0.39 is 0 Å². The van der Waals surface area contributed by atoms with Crippen molar-refractivity contribution < 1.29 is 14.3 Å². The summed E-state index contributed by atoms with van der Waals surface area (Å²) >= 11 is 0. The van der Waals surface area contributed by atoms with E-state index >= 15 is 0 Å². The van der Waals surface area contributed by atoms with Crippen LogP contribution in [0.4, 0.5) is 0 Å². The Hall–Kier alpha value is -1.58. The summed E-state index contributed by atoms with van der Waals surface area (Å²) in [7, 11) is 1.35. The predicted molar refractivity (Wildman–Crippen MR) is 49.1 cm³/mol. The summed E-state index contributed by atoms with van der Waals surface area (Å²) in [6.45, 7) is 0.672. The first-order valence-corrected chi connectivity index (χ1v) is 4.50. The van der Waals surface area contributed by atoms with Crippen molar-refractivity contribution in [3.05, 3.63) is 23.5 Å². The maximum absolute atomic E-state index is 11.2. The number of carbonyl (C=O) groups excluding carboxylic acids is 2. The summed E-state index contributed by atoms with van der Waals surface area (Å²) in [6, 6.07) is 1.73. The molecular weight excluding hydrogens is 182 g/mol. The van der Waals surface area contributed by atoms with Gasteiger partial charge in [-0.2, -0.15) is 0 Å². The number of fused-ring (bicyclic) bond motifs is 1. The van der Waals surface area contributed by atoms with Gasteiger partial charge < -0.3 is 9.30 Å². The number of ketones is 1.